The second kappa shape index (κ2) is 7.28. The van der Waals surface area contributed by atoms with Crippen LogP contribution in [0, 0.1) is 5.41 Å². The summed E-state index contributed by atoms with van der Waals surface area (Å²) in [5.41, 5.74) is 2.24. The minimum atomic E-state index is -0.259. The van der Waals surface area contributed by atoms with Gasteiger partial charge in [0.1, 0.15) is 5.75 Å². The number of piperidine rings is 1. The lowest BCUT2D eigenvalue weighted by Gasteiger charge is -2.39. The minimum Gasteiger partial charge on any atom is -0.507 e. The van der Waals surface area contributed by atoms with Gasteiger partial charge in [-0.15, -0.1) is 0 Å². The lowest BCUT2D eigenvalue weighted by atomic mass is 9.82. The first-order valence-electron chi connectivity index (χ1n) is 8.77. The molecule has 0 saturated carbocycles. The highest BCUT2D eigenvalue weighted by atomic mass is 16.3. The molecule has 0 aliphatic carbocycles. The van der Waals surface area contributed by atoms with Gasteiger partial charge in [0.25, 0.3) is 5.91 Å². The van der Waals surface area contributed by atoms with Crippen molar-refractivity contribution < 1.29 is 15.0 Å². The van der Waals surface area contributed by atoms with Gasteiger partial charge in [-0.05, 0) is 42.5 Å². The molecule has 0 bridgehead atoms. The van der Waals surface area contributed by atoms with Crippen LogP contribution < -0.4 is 0 Å². The lowest BCUT2D eigenvalue weighted by molar-refractivity contribution is 0.0356. The summed E-state index contributed by atoms with van der Waals surface area (Å²) in [6, 6.07) is 15.3. The van der Waals surface area contributed by atoms with Crippen molar-refractivity contribution in [2.24, 2.45) is 5.41 Å². The summed E-state index contributed by atoms with van der Waals surface area (Å²) in [5.74, 6) is -0.148. The van der Waals surface area contributed by atoms with Gasteiger partial charge in [0.15, 0.2) is 0 Å². The lowest BCUT2D eigenvalue weighted by Crippen LogP contribution is -2.46. The molecule has 1 saturated heterocycles. The normalized spacial score (nSPS) is 20.5. The number of hydrogen-bond donors (Lipinski definition) is 2. The number of carbonyl (C=O) groups is 1. The first-order valence-corrected chi connectivity index (χ1v) is 8.77. The molecule has 132 valence electrons. The van der Waals surface area contributed by atoms with E-state index in [0.29, 0.717) is 18.7 Å². The third-order valence-corrected chi connectivity index (χ3v) is 4.99. The third-order valence-electron chi connectivity index (χ3n) is 4.99. The van der Waals surface area contributed by atoms with Crippen LogP contribution in [0.1, 0.15) is 41.3 Å². The van der Waals surface area contributed by atoms with Crippen molar-refractivity contribution in [2.75, 3.05) is 19.7 Å². The fourth-order valence-electron chi connectivity index (χ4n) is 3.48. The number of rotatable bonds is 4. The van der Waals surface area contributed by atoms with Crippen LogP contribution in [0.15, 0.2) is 48.5 Å². The molecule has 2 aromatic carbocycles. The fourth-order valence-corrected chi connectivity index (χ4v) is 3.48. The van der Waals surface area contributed by atoms with Crippen LogP contribution in [-0.4, -0.2) is 40.7 Å². The Hall–Kier alpha value is -2.33. The maximum atomic E-state index is 12.9. The van der Waals surface area contributed by atoms with Gasteiger partial charge in [0, 0.05) is 18.5 Å². The van der Waals surface area contributed by atoms with Crippen molar-refractivity contribution in [2.45, 2.75) is 26.2 Å². The van der Waals surface area contributed by atoms with E-state index in [4.69, 9.17) is 0 Å². The Morgan fingerprint density at radius 3 is 2.64 bits per heavy atom. The summed E-state index contributed by atoms with van der Waals surface area (Å²) in [5, 5.41) is 19.8. The van der Waals surface area contributed by atoms with Gasteiger partial charge < -0.3 is 15.1 Å². The molecule has 3 rings (SSSR count). The molecule has 1 fully saturated rings. The van der Waals surface area contributed by atoms with E-state index < -0.39 is 0 Å². The Balaban J connectivity index is 1.81. The Bertz CT molecular complexity index is 744. The molecule has 1 heterocycles. The molecule has 25 heavy (non-hydrogen) atoms. The topological polar surface area (TPSA) is 60.8 Å². The molecule has 4 nitrogen and oxygen atoms in total. The predicted octanol–water partition coefficient (Wildman–Crippen LogP) is 3.22. The Kier molecular flexibility index (Phi) is 5.09. The van der Waals surface area contributed by atoms with Crippen LogP contribution in [0.5, 0.6) is 5.75 Å². The Labute approximate surface area is 148 Å². The van der Waals surface area contributed by atoms with E-state index in [0.717, 1.165) is 30.4 Å². The fraction of sp³-hybridized carbons (Fsp3) is 0.381. The van der Waals surface area contributed by atoms with Gasteiger partial charge in [-0.3, -0.25) is 4.79 Å². The number of carbonyl (C=O) groups excluding carboxylic acids is 1. The molecular weight excluding hydrogens is 314 g/mol. The molecule has 1 aliphatic rings. The smallest absolute Gasteiger partial charge is 0.257 e. The highest BCUT2D eigenvalue weighted by Gasteiger charge is 2.33. The van der Waals surface area contributed by atoms with Crippen LogP contribution in [-0.2, 0) is 6.42 Å². The van der Waals surface area contributed by atoms with Gasteiger partial charge in [-0.1, -0.05) is 43.3 Å². The van der Waals surface area contributed by atoms with Crippen LogP contribution in [0.25, 0.3) is 0 Å². The molecule has 1 aliphatic heterocycles. The van der Waals surface area contributed by atoms with Crippen molar-refractivity contribution in [1.29, 1.82) is 0 Å². The largest absolute Gasteiger partial charge is 0.507 e. The average Bonchev–Trinajstić information content (AvgIpc) is 2.64. The molecular formula is C21H25NO3. The number of nitrogens with zero attached hydrogens (tertiary/aromatic N) is 1. The van der Waals surface area contributed by atoms with Gasteiger partial charge in [0.2, 0.25) is 0 Å². The Morgan fingerprint density at radius 1 is 1.16 bits per heavy atom. The maximum absolute atomic E-state index is 12.9. The molecule has 1 atom stereocenters. The zero-order valence-corrected chi connectivity index (χ0v) is 14.6. The Morgan fingerprint density at radius 2 is 1.92 bits per heavy atom. The van der Waals surface area contributed by atoms with Crippen molar-refractivity contribution in [1.82, 2.24) is 4.90 Å². The number of amides is 1. The third kappa shape index (κ3) is 4.02. The molecule has 1 amide bonds. The van der Waals surface area contributed by atoms with Gasteiger partial charge >= 0.3 is 0 Å². The van der Waals surface area contributed by atoms with Crippen LogP contribution in [0.3, 0.4) is 0 Å². The highest BCUT2D eigenvalue weighted by Crippen LogP contribution is 2.31. The van der Waals surface area contributed by atoms with Crippen LogP contribution >= 0.6 is 0 Å². The average molecular weight is 339 g/mol. The summed E-state index contributed by atoms with van der Waals surface area (Å²) >= 11 is 0. The van der Waals surface area contributed by atoms with E-state index in [1.165, 1.54) is 0 Å². The second-order valence-corrected chi connectivity index (χ2v) is 7.31. The molecule has 2 N–H and O–H groups in total. The van der Waals surface area contributed by atoms with Crippen LogP contribution in [0.2, 0.25) is 0 Å². The first-order chi connectivity index (χ1) is 12.0. The number of phenolic OH excluding ortho intramolecular Hbond substituents is 1. The van der Waals surface area contributed by atoms with Crippen molar-refractivity contribution in [3.63, 3.8) is 0 Å². The standard InChI is InChI=1S/C21H25NO3/c1-21(15-23)10-5-11-22(14-21)20(25)18-13-17(8-9-19(18)24)12-16-6-3-2-4-7-16/h2-4,6-9,13,23-24H,5,10-12,14-15H2,1H3. The quantitative estimate of drug-likeness (QED) is 0.899. The van der Waals surface area contributed by atoms with E-state index in [1.54, 1.807) is 17.0 Å². The highest BCUT2D eigenvalue weighted by molar-refractivity contribution is 5.97. The van der Waals surface area contributed by atoms with E-state index in [1.807, 2.05) is 43.3 Å². The van der Waals surface area contributed by atoms with Gasteiger partial charge in [-0.25, -0.2) is 0 Å². The van der Waals surface area contributed by atoms with E-state index in [-0.39, 0.29) is 23.7 Å². The van der Waals surface area contributed by atoms with E-state index in [9.17, 15) is 15.0 Å². The van der Waals surface area contributed by atoms with Crippen LogP contribution in [0.4, 0.5) is 0 Å². The molecule has 2 aromatic rings. The summed E-state index contributed by atoms with van der Waals surface area (Å²) < 4.78 is 0. The number of phenols is 1. The van der Waals surface area contributed by atoms with Gasteiger partial charge in [0.05, 0.1) is 12.2 Å². The number of benzene rings is 2. The SMILES string of the molecule is CC1(CO)CCCN(C(=O)c2cc(Cc3ccccc3)ccc2O)C1. The summed E-state index contributed by atoms with van der Waals surface area (Å²) in [7, 11) is 0. The van der Waals surface area contributed by atoms with Crippen molar-refractivity contribution in [3.05, 3.63) is 65.2 Å². The molecule has 0 aromatic heterocycles. The number of hydrogen-bond acceptors (Lipinski definition) is 3. The van der Waals surface area contributed by atoms with Crippen molar-refractivity contribution in [3.8, 4) is 5.75 Å². The number of aliphatic hydroxyl groups is 1. The molecule has 4 heteroatoms. The first kappa shape index (κ1) is 17.5. The van der Waals surface area contributed by atoms with E-state index in [2.05, 4.69) is 0 Å². The number of aliphatic hydroxyl groups excluding tert-OH is 1. The zero-order chi connectivity index (χ0) is 17.9. The maximum Gasteiger partial charge on any atom is 0.257 e. The van der Waals surface area contributed by atoms with E-state index >= 15 is 0 Å². The summed E-state index contributed by atoms with van der Waals surface area (Å²) in [6.45, 7) is 3.25. The van der Waals surface area contributed by atoms with Gasteiger partial charge in [-0.2, -0.15) is 0 Å². The summed E-state index contributed by atoms with van der Waals surface area (Å²) in [6.07, 6.45) is 2.50. The minimum absolute atomic E-state index is 0.0121. The molecule has 0 radical (unpaired) electrons. The monoisotopic (exact) mass is 339 g/mol. The molecule has 0 spiro atoms. The second-order valence-electron chi connectivity index (χ2n) is 7.31. The molecule has 1 unspecified atom stereocenters. The van der Waals surface area contributed by atoms with Crippen molar-refractivity contribution >= 4 is 5.91 Å². The summed E-state index contributed by atoms with van der Waals surface area (Å²) in [4.78, 5) is 14.7. The number of likely N-dealkylation sites (tertiary alicyclic amines) is 1. The number of aromatic hydroxyl groups is 1. The predicted molar refractivity (Wildman–Crippen MR) is 97.7 cm³/mol. The zero-order valence-electron chi connectivity index (χ0n) is 14.6.